The predicted octanol–water partition coefficient (Wildman–Crippen LogP) is 3.05. The van der Waals surface area contributed by atoms with Crippen molar-refractivity contribution in [1.29, 1.82) is 0 Å². The van der Waals surface area contributed by atoms with E-state index in [-0.39, 0.29) is 16.7 Å². The molecule has 0 aliphatic rings. The second kappa shape index (κ2) is 4.77. The number of hydrogen-bond acceptors (Lipinski definition) is 3. The van der Waals surface area contributed by atoms with E-state index >= 15 is 0 Å². The summed E-state index contributed by atoms with van der Waals surface area (Å²) < 4.78 is 0. The number of nitro benzene ring substituents is 1. The quantitative estimate of drug-likeness (QED) is 0.611. The Bertz CT molecular complexity index is 350. The molecule has 0 aromatic heterocycles. The van der Waals surface area contributed by atoms with E-state index in [2.05, 4.69) is 19.2 Å². The average molecular weight is 208 g/mol. The normalized spacial score (nSPS) is 12.5. The molecule has 0 heterocycles. The number of nitrogens with one attached hydrogen (secondary N) is 1. The van der Waals surface area contributed by atoms with E-state index < -0.39 is 0 Å². The molecule has 1 atom stereocenters. The van der Waals surface area contributed by atoms with Crippen LogP contribution in [0.25, 0.3) is 0 Å². The van der Waals surface area contributed by atoms with Gasteiger partial charge in [-0.3, -0.25) is 10.1 Å². The maximum absolute atomic E-state index is 10.7. The van der Waals surface area contributed by atoms with E-state index in [0.29, 0.717) is 11.6 Å². The van der Waals surface area contributed by atoms with Crippen molar-refractivity contribution in [3.05, 3.63) is 34.4 Å². The van der Waals surface area contributed by atoms with Gasteiger partial charge in [0.15, 0.2) is 0 Å². The van der Waals surface area contributed by atoms with E-state index in [0.717, 1.165) is 0 Å². The Morgan fingerprint density at radius 1 is 1.27 bits per heavy atom. The lowest BCUT2D eigenvalue weighted by atomic mass is 10.1. The zero-order valence-electron chi connectivity index (χ0n) is 9.23. The third kappa shape index (κ3) is 2.94. The highest BCUT2D eigenvalue weighted by atomic mass is 16.6. The van der Waals surface area contributed by atoms with Gasteiger partial charge >= 0.3 is 0 Å². The van der Waals surface area contributed by atoms with Crippen molar-refractivity contribution in [2.45, 2.75) is 26.8 Å². The van der Waals surface area contributed by atoms with Gasteiger partial charge in [-0.15, -0.1) is 0 Å². The third-order valence-electron chi connectivity index (χ3n) is 2.48. The van der Waals surface area contributed by atoms with Crippen molar-refractivity contribution in [3.63, 3.8) is 0 Å². The Hall–Kier alpha value is -1.58. The van der Waals surface area contributed by atoms with Crippen molar-refractivity contribution in [1.82, 2.24) is 0 Å². The van der Waals surface area contributed by atoms with Gasteiger partial charge in [0.2, 0.25) is 0 Å². The molecule has 4 nitrogen and oxygen atoms in total. The van der Waals surface area contributed by atoms with E-state index in [1.54, 1.807) is 18.2 Å². The summed E-state index contributed by atoms with van der Waals surface area (Å²) in [6.45, 7) is 6.17. The van der Waals surface area contributed by atoms with E-state index in [1.165, 1.54) is 6.07 Å². The highest BCUT2D eigenvalue weighted by Crippen LogP contribution is 2.24. The van der Waals surface area contributed by atoms with Crippen LogP contribution in [0.3, 0.4) is 0 Å². The lowest BCUT2D eigenvalue weighted by molar-refractivity contribution is -0.384. The zero-order valence-corrected chi connectivity index (χ0v) is 9.23. The SMILES string of the molecule is CC(C)C(C)Nc1ccccc1[N+](=O)[O-]. The first kappa shape index (κ1) is 11.5. The van der Waals surface area contributed by atoms with Gasteiger partial charge in [0.25, 0.3) is 5.69 Å². The molecule has 0 saturated heterocycles. The molecule has 82 valence electrons. The number of nitrogens with zero attached hydrogens (tertiary/aromatic N) is 1. The van der Waals surface area contributed by atoms with Crippen LogP contribution >= 0.6 is 0 Å². The Kier molecular flexibility index (Phi) is 3.66. The first-order valence-corrected chi connectivity index (χ1v) is 5.02. The predicted molar refractivity (Wildman–Crippen MR) is 61.0 cm³/mol. The van der Waals surface area contributed by atoms with Crippen LogP contribution in [-0.4, -0.2) is 11.0 Å². The summed E-state index contributed by atoms with van der Waals surface area (Å²) in [6.07, 6.45) is 0. The van der Waals surface area contributed by atoms with E-state index in [1.807, 2.05) is 6.92 Å². The third-order valence-corrected chi connectivity index (χ3v) is 2.48. The topological polar surface area (TPSA) is 55.2 Å². The van der Waals surface area contributed by atoms with Crippen LogP contribution in [0.5, 0.6) is 0 Å². The van der Waals surface area contributed by atoms with Crippen LogP contribution in [0.4, 0.5) is 11.4 Å². The fourth-order valence-corrected chi connectivity index (χ4v) is 1.17. The summed E-state index contributed by atoms with van der Waals surface area (Å²) in [6, 6.07) is 6.92. The number of para-hydroxylation sites is 2. The smallest absolute Gasteiger partial charge is 0.292 e. The van der Waals surface area contributed by atoms with Gasteiger partial charge in [0.1, 0.15) is 5.69 Å². The van der Waals surface area contributed by atoms with Gasteiger partial charge < -0.3 is 5.32 Å². The summed E-state index contributed by atoms with van der Waals surface area (Å²) in [5.41, 5.74) is 0.716. The standard InChI is InChI=1S/C11H16N2O2/c1-8(2)9(3)12-10-6-4-5-7-11(10)13(14)15/h4-9,12H,1-3H3. The van der Waals surface area contributed by atoms with Crippen LogP contribution in [0.1, 0.15) is 20.8 Å². The Morgan fingerprint density at radius 2 is 1.87 bits per heavy atom. The van der Waals surface area contributed by atoms with Crippen molar-refractivity contribution < 1.29 is 4.92 Å². The highest BCUT2D eigenvalue weighted by molar-refractivity contribution is 5.61. The minimum atomic E-state index is -0.366. The summed E-state index contributed by atoms with van der Waals surface area (Å²) in [5.74, 6) is 0.435. The molecule has 1 N–H and O–H groups in total. The summed E-state index contributed by atoms with van der Waals surface area (Å²) >= 11 is 0. The first-order chi connectivity index (χ1) is 7.02. The second-order valence-corrected chi connectivity index (χ2v) is 3.95. The lowest BCUT2D eigenvalue weighted by Gasteiger charge is -2.18. The van der Waals surface area contributed by atoms with Gasteiger partial charge in [0, 0.05) is 12.1 Å². The maximum Gasteiger partial charge on any atom is 0.292 e. The molecule has 15 heavy (non-hydrogen) atoms. The van der Waals surface area contributed by atoms with Crippen LogP contribution < -0.4 is 5.32 Å². The van der Waals surface area contributed by atoms with Gasteiger partial charge in [-0.1, -0.05) is 26.0 Å². The Balaban J connectivity index is 2.89. The number of rotatable bonds is 4. The molecule has 0 bridgehead atoms. The molecule has 0 amide bonds. The molecule has 1 aromatic rings. The van der Waals surface area contributed by atoms with E-state index in [9.17, 15) is 10.1 Å². The van der Waals surface area contributed by atoms with Crippen molar-refractivity contribution in [2.75, 3.05) is 5.32 Å². The molecule has 0 aliphatic heterocycles. The molecule has 0 radical (unpaired) electrons. The minimum Gasteiger partial charge on any atom is -0.377 e. The van der Waals surface area contributed by atoms with Gasteiger partial charge in [-0.05, 0) is 18.9 Å². The number of anilines is 1. The first-order valence-electron chi connectivity index (χ1n) is 5.02. The Labute approximate surface area is 89.5 Å². The van der Waals surface area contributed by atoms with Crippen LogP contribution in [0.15, 0.2) is 24.3 Å². The van der Waals surface area contributed by atoms with Crippen LogP contribution in [-0.2, 0) is 0 Å². The Morgan fingerprint density at radius 3 is 2.40 bits per heavy atom. The number of benzene rings is 1. The molecule has 1 aromatic carbocycles. The van der Waals surface area contributed by atoms with Crippen molar-refractivity contribution >= 4 is 11.4 Å². The van der Waals surface area contributed by atoms with Gasteiger partial charge in [-0.25, -0.2) is 0 Å². The number of hydrogen-bond donors (Lipinski definition) is 1. The number of nitro groups is 1. The van der Waals surface area contributed by atoms with Crippen LogP contribution in [0.2, 0.25) is 0 Å². The fourth-order valence-electron chi connectivity index (χ4n) is 1.17. The largest absolute Gasteiger partial charge is 0.377 e. The molecule has 1 rings (SSSR count). The molecule has 0 spiro atoms. The molecule has 0 saturated carbocycles. The van der Waals surface area contributed by atoms with Crippen molar-refractivity contribution in [3.8, 4) is 0 Å². The monoisotopic (exact) mass is 208 g/mol. The highest BCUT2D eigenvalue weighted by Gasteiger charge is 2.15. The summed E-state index contributed by atoms with van der Waals surface area (Å²) in [5, 5.41) is 13.9. The summed E-state index contributed by atoms with van der Waals surface area (Å²) in [7, 11) is 0. The molecule has 4 heteroatoms. The van der Waals surface area contributed by atoms with Crippen LogP contribution in [0, 0.1) is 16.0 Å². The minimum absolute atomic E-state index is 0.130. The van der Waals surface area contributed by atoms with Gasteiger partial charge in [0.05, 0.1) is 4.92 Å². The van der Waals surface area contributed by atoms with Crippen molar-refractivity contribution in [2.24, 2.45) is 5.92 Å². The molecule has 0 fully saturated rings. The average Bonchev–Trinajstić information content (AvgIpc) is 2.18. The zero-order chi connectivity index (χ0) is 11.4. The molecule has 0 aliphatic carbocycles. The lowest BCUT2D eigenvalue weighted by Crippen LogP contribution is -2.21. The fraction of sp³-hybridized carbons (Fsp3) is 0.455. The van der Waals surface area contributed by atoms with Gasteiger partial charge in [-0.2, -0.15) is 0 Å². The summed E-state index contributed by atoms with van der Waals surface area (Å²) in [4.78, 5) is 10.4. The molecule has 1 unspecified atom stereocenters. The van der Waals surface area contributed by atoms with E-state index in [4.69, 9.17) is 0 Å². The maximum atomic E-state index is 10.7. The molecular formula is C11H16N2O2. The molecular weight excluding hydrogens is 192 g/mol. The second-order valence-electron chi connectivity index (χ2n) is 3.95.